The molecule has 0 aliphatic carbocycles. The number of carbonyl (C=O) groups excluding carboxylic acids is 2. The zero-order chi connectivity index (χ0) is 16.8. The van der Waals surface area contributed by atoms with Crippen molar-refractivity contribution in [1.29, 1.82) is 0 Å². The largest absolute Gasteiger partial charge is 0.467 e. The number of rotatable bonds is 5. The minimum Gasteiger partial charge on any atom is -0.467 e. The molecule has 0 bridgehead atoms. The lowest BCUT2D eigenvalue weighted by Gasteiger charge is -2.23. The molecule has 1 unspecified atom stereocenters. The summed E-state index contributed by atoms with van der Waals surface area (Å²) in [7, 11) is 1.25. The summed E-state index contributed by atoms with van der Waals surface area (Å²) in [4.78, 5) is 24.3. The molecule has 0 saturated heterocycles. The Kier molecular flexibility index (Phi) is 5.46. The lowest BCUT2D eigenvalue weighted by molar-refractivity contribution is -0.143. The van der Waals surface area contributed by atoms with Crippen molar-refractivity contribution < 1.29 is 18.7 Å². The number of amides is 1. The molecule has 0 spiro atoms. The topological polar surface area (TPSA) is 55.4 Å². The molecule has 2 rings (SSSR count). The van der Waals surface area contributed by atoms with Gasteiger partial charge in [-0.05, 0) is 29.8 Å². The predicted octanol–water partition coefficient (Wildman–Crippen LogP) is 2.90. The van der Waals surface area contributed by atoms with Crippen LogP contribution in [-0.2, 0) is 9.53 Å². The molecule has 0 radical (unpaired) electrons. The Morgan fingerprint density at radius 1 is 1.09 bits per heavy atom. The van der Waals surface area contributed by atoms with E-state index in [0.717, 1.165) is 0 Å². The van der Waals surface area contributed by atoms with Gasteiger partial charge in [0.25, 0.3) is 5.91 Å². The van der Waals surface area contributed by atoms with E-state index in [1.807, 2.05) is 0 Å². The first-order valence-electron chi connectivity index (χ1n) is 7.22. The molecule has 0 fully saturated rings. The van der Waals surface area contributed by atoms with Gasteiger partial charge in [-0.15, -0.1) is 0 Å². The summed E-state index contributed by atoms with van der Waals surface area (Å²) in [5, 5.41) is 2.67. The minimum atomic E-state index is -0.908. The van der Waals surface area contributed by atoms with E-state index >= 15 is 0 Å². The fraction of sp³-hybridized carbons (Fsp3) is 0.222. The number of ether oxygens (including phenoxy) is 1. The molecular weight excluding hydrogens is 297 g/mol. The Morgan fingerprint density at radius 3 is 2.39 bits per heavy atom. The summed E-state index contributed by atoms with van der Waals surface area (Å²) in [6.07, 6.45) is 0. The summed E-state index contributed by atoms with van der Waals surface area (Å²) in [6, 6.07) is 13.6. The smallest absolute Gasteiger partial charge is 0.328 e. The van der Waals surface area contributed by atoms with Gasteiger partial charge in [0.1, 0.15) is 11.9 Å². The van der Waals surface area contributed by atoms with Crippen LogP contribution >= 0.6 is 0 Å². The van der Waals surface area contributed by atoms with Gasteiger partial charge in [-0.1, -0.05) is 37.3 Å². The Labute approximate surface area is 134 Å². The van der Waals surface area contributed by atoms with Gasteiger partial charge in [0.2, 0.25) is 0 Å². The first kappa shape index (κ1) is 16.7. The molecule has 4 nitrogen and oxygen atoms in total. The van der Waals surface area contributed by atoms with Crippen LogP contribution in [0.4, 0.5) is 4.39 Å². The van der Waals surface area contributed by atoms with Crippen molar-refractivity contribution in [1.82, 2.24) is 5.32 Å². The fourth-order valence-corrected chi connectivity index (χ4v) is 2.31. The van der Waals surface area contributed by atoms with E-state index in [2.05, 4.69) is 5.32 Å². The van der Waals surface area contributed by atoms with Crippen LogP contribution in [0.1, 0.15) is 28.8 Å². The van der Waals surface area contributed by atoms with E-state index in [0.29, 0.717) is 11.1 Å². The highest BCUT2D eigenvalue weighted by Crippen LogP contribution is 2.21. The van der Waals surface area contributed by atoms with E-state index in [4.69, 9.17) is 4.74 Å². The van der Waals surface area contributed by atoms with Gasteiger partial charge in [-0.3, -0.25) is 4.79 Å². The second-order valence-electron chi connectivity index (χ2n) is 5.18. The summed E-state index contributed by atoms with van der Waals surface area (Å²) in [5.74, 6) is -1.80. The van der Waals surface area contributed by atoms with E-state index < -0.39 is 23.7 Å². The SMILES string of the molecule is COC(=O)C(NC(=O)c1ccccc1)[C@@H](C)c1cccc(F)c1. The first-order valence-corrected chi connectivity index (χ1v) is 7.22. The van der Waals surface area contributed by atoms with Crippen LogP contribution < -0.4 is 5.32 Å². The van der Waals surface area contributed by atoms with Gasteiger partial charge in [-0.25, -0.2) is 9.18 Å². The third kappa shape index (κ3) is 4.16. The third-order valence-corrected chi connectivity index (χ3v) is 3.65. The molecule has 120 valence electrons. The molecular formula is C18H18FNO3. The summed E-state index contributed by atoms with van der Waals surface area (Å²) in [5.41, 5.74) is 1.04. The fourth-order valence-electron chi connectivity index (χ4n) is 2.31. The van der Waals surface area contributed by atoms with Crippen molar-refractivity contribution in [3.63, 3.8) is 0 Å². The molecule has 5 heteroatoms. The van der Waals surface area contributed by atoms with Crippen LogP contribution in [0.15, 0.2) is 54.6 Å². The Morgan fingerprint density at radius 2 is 1.78 bits per heavy atom. The maximum Gasteiger partial charge on any atom is 0.328 e. The van der Waals surface area contributed by atoms with Crippen LogP contribution in [0.25, 0.3) is 0 Å². The van der Waals surface area contributed by atoms with Gasteiger partial charge in [0, 0.05) is 11.5 Å². The van der Waals surface area contributed by atoms with Gasteiger partial charge in [0.05, 0.1) is 7.11 Å². The molecule has 0 aliphatic rings. The van der Waals surface area contributed by atoms with Gasteiger partial charge >= 0.3 is 5.97 Å². The number of carbonyl (C=O) groups is 2. The highest BCUT2D eigenvalue weighted by Gasteiger charge is 2.29. The van der Waals surface area contributed by atoms with Crippen molar-refractivity contribution in [2.24, 2.45) is 0 Å². The molecule has 2 aromatic rings. The average Bonchev–Trinajstić information content (AvgIpc) is 2.59. The number of benzene rings is 2. The predicted molar refractivity (Wildman–Crippen MR) is 84.5 cm³/mol. The maximum absolute atomic E-state index is 13.4. The molecule has 2 aromatic carbocycles. The van der Waals surface area contributed by atoms with Crippen molar-refractivity contribution >= 4 is 11.9 Å². The van der Waals surface area contributed by atoms with Crippen LogP contribution in [0.3, 0.4) is 0 Å². The van der Waals surface area contributed by atoms with Crippen molar-refractivity contribution in [3.8, 4) is 0 Å². The molecule has 1 amide bonds. The molecule has 23 heavy (non-hydrogen) atoms. The molecule has 0 aromatic heterocycles. The number of hydrogen-bond donors (Lipinski definition) is 1. The molecule has 1 N–H and O–H groups in total. The average molecular weight is 315 g/mol. The number of esters is 1. The lowest BCUT2D eigenvalue weighted by atomic mass is 9.93. The molecule has 0 aliphatic heterocycles. The number of nitrogens with one attached hydrogen (secondary N) is 1. The maximum atomic E-state index is 13.4. The second kappa shape index (κ2) is 7.54. The van der Waals surface area contributed by atoms with E-state index in [9.17, 15) is 14.0 Å². The van der Waals surface area contributed by atoms with E-state index in [1.165, 1.54) is 19.2 Å². The molecule has 2 atom stereocenters. The van der Waals surface area contributed by atoms with Crippen LogP contribution in [0.2, 0.25) is 0 Å². The Bertz CT molecular complexity index is 688. The number of hydrogen-bond acceptors (Lipinski definition) is 3. The molecule has 0 saturated carbocycles. The van der Waals surface area contributed by atoms with E-state index in [1.54, 1.807) is 49.4 Å². The zero-order valence-electron chi connectivity index (χ0n) is 13.0. The van der Waals surface area contributed by atoms with E-state index in [-0.39, 0.29) is 5.91 Å². The van der Waals surface area contributed by atoms with Crippen molar-refractivity contribution in [3.05, 3.63) is 71.5 Å². The standard InChI is InChI=1S/C18H18FNO3/c1-12(14-9-6-10-15(19)11-14)16(18(22)23-2)20-17(21)13-7-4-3-5-8-13/h3-12,16H,1-2H3,(H,20,21)/t12-,16?/m0/s1. The number of halogens is 1. The number of methoxy groups -OCH3 is 1. The lowest BCUT2D eigenvalue weighted by Crippen LogP contribution is -2.44. The Balaban J connectivity index is 2.23. The quantitative estimate of drug-likeness (QED) is 0.863. The minimum absolute atomic E-state index is 0.385. The third-order valence-electron chi connectivity index (χ3n) is 3.65. The second-order valence-corrected chi connectivity index (χ2v) is 5.18. The van der Waals surface area contributed by atoms with Gasteiger partial charge in [0.15, 0.2) is 0 Å². The zero-order valence-corrected chi connectivity index (χ0v) is 13.0. The summed E-state index contributed by atoms with van der Waals surface area (Å²) in [6.45, 7) is 1.74. The summed E-state index contributed by atoms with van der Waals surface area (Å²) >= 11 is 0. The highest BCUT2D eigenvalue weighted by molar-refractivity contribution is 5.97. The normalized spacial score (nSPS) is 13.0. The van der Waals surface area contributed by atoms with Gasteiger partial charge in [-0.2, -0.15) is 0 Å². The van der Waals surface area contributed by atoms with Gasteiger partial charge < -0.3 is 10.1 Å². The van der Waals surface area contributed by atoms with Crippen molar-refractivity contribution in [2.75, 3.05) is 7.11 Å². The summed E-state index contributed by atoms with van der Waals surface area (Å²) < 4.78 is 18.2. The highest BCUT2D eigenvalue weighted by atomic mass is 19.1. The molecule has 0 heterocycles. The van der Waals surface area contributed by atoms with Crippen LogP contribution in [-0.4, -0.2) is 25.0 Å². The Hall–Kier alpha value is -2.69. The van der Waals surface area contributed by atoms with Crippen LogP contribution in [0, 0.1) is 5.82 Å². The monoisotopic (exact) mass is 315 g/mol. The first-order chi connectivity index (χ1) is 11.0. The van der Waals surface area contributed by atoms with Crippen molar-refractivity contribution in [2.45, 2.75) is 18.9 Å². The van der Waals surface area contributed by atoms with Crippen LogP contribution in [0.5, 0.6) is 0 Å².